The molecule has 0 saturated heterocycles. The van der Waals surface area contributed by atoms with Gasteiger partial charge >= 0.3 is 6.03 Å². The minimum Gasteiger partial charge on any atom is -0.454 e. The Kier molecular flexibility index (Phi) is 6.19. The Bertz CT molecular complexity index is 792. The van der Waals surface area contributed by atoms with E-state index in [9.17, 15) is 4.79 Å². The van der Waals surface area contributed by atoms with Crippen LogP contribution in [0.3, 0.4) is 0 Å². The van der Waals surface area contributed by atoms with Crippen LogP contribution in [0.15, 0.2) is 42.5 Å². The molecule has 0 spiro atoms. The van der Waals surface area contributed by atoms with E-state index in [0.29, 0.717) is 19.7 Å². The third-order valence-corrected chi connectivity index (χ3v) is 4.24. The number of urea groups is 1. The van der Waals surface area contributed by atoms with Gasteiger partial charge in [-0.3, -0.25) is 0 Å². The lowest BCUT2D eigenvalue weighted by molar-refractivity contribution is 0.0657. The lowest BCUT2D eigenvalue weighted by Crippen LogP contribution is -2.34. The van der Waals surface area contributed by atoms with E-state index in [1.54, 1.807) is 4.90 Å². The molecule has 27 heavy (non-hydrogen) atoms. The largest absolute Gasteiger partial charge is 0.454 e. The second-order valence-electron chi connectivity index (χ2n) is 6.69. The van der Waals surface area contributed by atoms with Crippen LogP contribution in [-0.4, -0.2) is 30.4 Å². The van der Waals surface area contributed by atoms with Crippen LogP contribution >= 0.6 is 0 Å². The third-order valence-electron chi connectivity index (χ3n) is 4.24. The highest BCUT2D eigenvalue weighted by Gasteiger charge is 2.17. The van der Waals surface area contributed by atoms with Gasteiger partial charge in [0, 0.05) is 18.8 Å². The van der Waals surface area contributed by atoms with Crippen molar-refractivity contribution in [3.8, 4) is 11.5 Å². The van der Waals surface area contributed by atoms with Crippen molar-refractivity contribution < 1.29 is 19.0 Å². The number of hydrogen-bond donors (Lipinski definition) is 1. The average Bonchev–Trinajstić information content (AvgIpc) is 3.12. The number of carbonyl (C=O) groups excluding carboxylic acids is 1. The van der Waals surface area contributed by atoms with Crippen LogP contribution in [-0.2, 0) is 17.9 Å². The number of amides is 2. The number of nitrogens with one attached hydrogen (secondary N) is 1. The first-order chi connectivity index (χ1) is 13.0. The van der Waals surface area contributed by atoms with Crippen molar-refractivity contribution in [2.45, 2.75) is 40.0 Å². The van der Waals surface area contributed by atoms with E-state index in [4.69, 9.17) is 14.2 Å². The van der Waals surface area contributed by atoms with E-state index in [-0.39, 0.29) is 18.9 Å². The molecule has 0 atom stereocenters. The molecule has 0 aromatic heterocycles. The van der Waals surface area contributed by atoms with Crippen LogP contribution in [0.5, 0.6) is 11.5 Å². The molecule has 144 valence electrons. The van der Waals surface area contributed by atoms with E-state index in [1.807, 2.05) is 63.2 Å². The normalized spacial score (nSPS) is 12.3. The van der Waals surface area contributed by atoms with Gasteiger partial charge in [0.05, 0.1) is 12.7 Å². The van der Waals surface area contributed by atoms with Crippen molar-refractivity contribution in [1.82, 2.24) is 4.90 Å². The SMILES string of the molecule is CCN(Cc1ccc2c(c1)OCO2)C(=O)Nc1cccc(COC(C)C)c1. The zero-order valence-electron chi connectivity index (χ0n) is 16.0. The smallest absolute Gasteiger partial charge is 0.322 e. The minimum absolute atomic E-state index is 0.142. The fourth-order valence-corrected chi connectivity index (χ4v) is 2.79. The number of carbonyl (C=O) groups is 1. The zero-order valence-corrected chi connectivity index (χ0v) is 16.0. The van der Waals surface area contributed by atoms with E-state index >= 15 is 0 Å². The van der Waals surface area contributed by atoms with E-state index < -0.39 is 0 Å². The summed E-state index contributed by atoms with van der Waals surface area (Å²) in [5.74, 6) is 1.47. The highest BCUT2D eigenvalue weighted by Crippen LogP contribution is 2.32. The summed E-state index contributed by atoms with van der Waals surface area (Å²) in [6.07, 6.45) is 0.167. The quantitative estimate of drug-likeness (QED) is 0.785. The monoisotopic (exact) mass is 370 g/mol. The Morgan fingerprint density at radius 1 is 1.15 bits per heavy atom. The number of anilines is 1. The Balaban J connectivity index is 1.62. The van der Waals surface area contributed by atoms with Crippen LogP contribution in [0.25, 0.3) is 0 Å². The van der Waals surface area contributed by atoms with Gasteiger partial charge in [0.1, 0.15) is 0 Å². The molecule has 1 heterocycles. The Morgan fingerprint density at radius 3 is 2.74 bits per heavy atom. The van der Waals surface area contributed by atoms with Crippen molar-refractivity contribution in [1.29, 1.82) is 0 Å². The van der Waals surface area contributed by atoms with Gasteiger partial charge in [0.2, 0.25) is 6.79 Å². The summed E-state index contributed by atoms with van der Waals surface area (Å²) in [6, 6.07) is 13.3. The Morgan fingerprint density at radius 2 is 1.96 bits per heavy atom. The molecule has 0 radical (unpaired) electrons. The molecule has 0 unspecified atom stereocenters. The van der Waals surface area contributed by atoms with Crippen LogP contribution in [0.1, 0.15) is 31.9 Å². The predicted molar refractivity (Wildman–Crippen MR) is 104 cm³/mol. The van der Waals surface area contributed by atoms with Crippen LogP contribution in [0.2, 0.25) is 0 Å². The predicted octanol–water partition coefficient (Wildman–Crippen LogP) is 4.39. The lowest BCUT2D eigenvalue weighted by atomic mass is 10.2. The fourth-order valence-electron chi connectivity index (χ4n) is 2.79. The minimum atomic E-state index is -0.142. The molecule has 0 aliphatic carbocycles. The molecule has 1 aliphatic rings. The molecule has 6 heteroatoms. The summed E-state index contributed by atoms with van der Waals surface area (Å²) in [5, 5.41) is 2.97. The van der Waals surface area contributed by atoms with Crippen LogP contribution in [0, 0.1) is 0 Å². The summed E-state index contributed by atoms with van der Waals surface area (Å²) in [5.41, 5.74) is 2.78. The maximum Gasteiger partial charge on any atom is 0.322 e. The summed E-state index contributed by atoms with van der Waals surface area (Å²) in [4.78, 5) is 14.4. The first-order valence-corrected chi connectivity index (χ1v) is 9.20. The molecule has 2 aromatic carbocycles. The maximum atomic E-state index is 12.7. The summed E-state index contributed by atoms with van der Waals surface area (Å²) in [6.45, 7) is 7.82. The summed E-state index contributed by atoms with van der Waals surface area (Å²) >= 11 is 0. The Hall–Kier alpha value is -2.73. The van der Waals surface area contributed by atoms with E-state index in [1.165, 1.54) is 0 Å². The molecule has 1 N–H and O–H groups in total. The second-order valence-corrected chi connectivity index (χ2v) is 6.69. The summed E-state index contributed by atoms with van der Waals surface area (Å²) < 4.78 is 16.4. The van der Waals surface area contributed by atoms with Gasteiger partial charge in [-0.25, -0.2) is 4.79 Å². The molecule has 2 aromatic rings. The molecule has 3 rings (SSSR count). The van der Waals surface area contributed by atoms with Gasteiger partial charge in [0.25, 0.3) is 0 Å². The summed E-state index contributed by atoms with van der Waals surface area (Å²) in [7, 11) is 0. The van der Waals surface area contributed by atoms with Crippen LogP contribution < -0.4 is 14.8 Å². The molecule has 6 nitrogen and oxygen atoms in total. The topological polar surface area (TPSA) is 60.0 Å². The molecule has 0 bridgehead atoms. The second kappa shape index (κ2) is 8.77. The van der Waals surface area contributed by atoms with Gasteiger partial charge in [-0.1, -0.05) is 18.2 Å². The maximum absolute atomic E-state index is 12.7. The van der Waals surface area contributed by atoms with Crippen LogP contribution in [0.4, 0.5) is 10.5 Å². The van der Waals surface area contributed by atoms with Gasteiger partial charge in [-0.05, 0) is 56.2 Å². The van der Waals surface area contributed by atoms with E-state index in [0.717, 1.165) is 28.3 Å². The molecule has 0 saturated carbocycles. The van der Waals surface area contributed by atoms with Crippen molar-refractivity contribution in [2.75, 3.05) is 18.7 Å². The molecule has 2 amide bonds. The highest BCUT2D eigenvalue weighted by molar-refractivity contribution is 5.89. The number of ether oxygens (including phenoxy) is 3. The zero-order chi connectivity index (χ0) is 19.2. The number of hydrogen-bond acceptors (Lipinski definition) is 4. The molecular weight excluding hydrogens is 344 g/mol. The fraction of sp³-hybridized carbons (Fsp3) is 0.381. The van der Waals surface area contributed by atoms with Gasteiger partial charge in [-0.15, -0.1) is 0 Å². The van der Waals surface area contributed by atoms with E-state index in [2.05, 4.69) is 5.32 Å². The van der Waals surface area contributed by atoms with Gasteiger partial charge < -0.3 is 24.4 Å². The van der Waals surface area contributed by atoms with Gasteiger partial charge in [0.15, 0.2) is 11.5 Å². The van der Waals surface area contributed by atoms with Gasteiger partial charge in [-0.2, -0.15) is 0 Å². The van der Waals surface area contributed by atoms with Crippen molar-refractivity contribution >= 4 is 11.7 Å². The number of nitrogens with zero attached hydrogens (tertiary/aromatic N) is 1. The molecule has 1 aliphatic heterocycles. The van der Waals surface area contributed by atoms with Crippen molar-refractivity contribution in [3.05, 3.63) is 53.6 Å². The average molecular weight is 370 g/mol. The number of rotatable bonds is 7. The first kappa shape index (κ1) is 19.0. The lowest BCUT2D eigenvalue weighted by Gasteiger charge is -2.22. The molecule has 0 fully saturated rings. The van der Waals surface area contributed by atoms with Crippen molar-refractivity contribution in [2.24, 2.45) is 0 Å². The highest BCUT2D eigenvalue weighted by atomic mass is 16.7. The molecular formula is C21H26N2O4. The standard InChI is InChI=1S/C21H26N2O4/c1-4-23(12-16-8-9-19-20(11-16)27-14-26-19)21(24)22-18-7-5-6-17(10-18)13-25-15(2)3/h5-11,15H,4,12-14H2,1-3H3,(H,22,24). The number of fused-ring (bicyclic) bond motifs is 1. The first-order valence-electron chi connectivity index (χ1n) is 9.20. The Labute approximate surface area is 160 Å². The van der Waals surface area contributed by atoms with Crippen molar-refractivity contribution in [3.63, 3.8) is 0 Å². The number of benzene rings is 2. The third kappa shape index (κ3) is 5.14.